The van der Waals surface area contributed by atoms with Gasteiger partial charge in [-0.2, -0.15) is 4.98 Å². The van der Waals surface area contributed by atoms with Gasteiger partial charge < -0.3 is 20.7 Å². The highest BCUT2D eigenvalue weighted by molar-refractivity contribution is 6.07. The molecule has 0 radical (unpaired) electrons. The van der Waals surface area contributed by atoms with E-state index in [1.54, 1.807) is 24.3 Å². The van der Waals surface area contributed by atoms with Crippen molar-refractivity contribution >= 4 is 23.4 Å². The molecule has 0 saturated carbocycles. The molecule has 1 aliphatic heterocycles. The lowest BCUT2D eigenvalue weighted by Gasteiger charge is -2.31. The zero-order valence-corrected chi connectivity index (χ0v) is 15.2. The molecule has 1 atom stereocenters. The SMILES string of the molecule is CCOc1ccc(NC(=O)c2cnc(N3CCC[C@@H](C)C3)nc2N)cc1. The number of nitrogens with one attached hydrogen (secondary N) is 1. The summed E-state index contributed by atoms with van der Waals surface area (Å²) in [6.45, 7) is 6.57. The first kappa shape index (κ1) is 18.0. The summed E-state index contributed by atoms with van der Waals surface area (Å²) in [5.74, 6) is 1.82. The number of anilines is 3. The van der Waals surface area contributed by atoms with Crippen molar-refractivity contribution < 1.29 is 9.53 Å². The van der Waals surface area contributed by atoms with Crippen LogP contribution in [0.2, 0.25) is 0 Å². The molecule has 2 aromatic rings. The number of amides is 1. The van der Waals surface area contributed by atoms with Crippen molar-refractivity contribution in [3.63, 3.8) is 0 Å². The van der Waals surface area contributed by atoms with Crippen molar-refractivity contribution in [3.8, 4) is 5.75 Å². The largest absolute Gasteiger partial charge is 0.494 e. The summed E-state index contributed by atoms with van der Waals surface area (Å²) in [6, 6.07) is 7.17. The number of piperidine rings is 1. The molecule has 1 aromatic carbocycles. The fourth-order valence-corrected chi connectivity index (χ4v) is 3.08. The second-order valence-corrected chi connectivity index (χ2v) is 6.57. The van der Waals surface area contributed by atoms with Crippen LogP contribution in [0.3, 0.4) is 0 Å². The van der Waals surface area contributed by atoms with E-state index in [1.165, 1.54) is 12.6 Å². The minimum Gasteiger partial charge on any atom is -0.494 e. The van der Waals surface area contributed by atoms with Crippen molar-refractivity contribution in [2.45, 2.75) is 26.7 Å². The van der Waals surface area contributed by atoms with E-state index in [-0.39, 0.29) is 17.3 Å². The Hall–Kier alpha value is -2.83. The number of ether oxygens (including phenoxy) is 1. The average Bonchev–Trinajstić information content (AvgIpc) is 2.63. The first-order valence-corrected chi connectivity index (χ1v) is 8.98. The molecule has 3 rings (SSSR count). The molecule has 0 spiro atoms. The summed E-state index contributed by atoms with van der Waals surface area (Å²) in [6.07, 6.45) is 3.83. The second kappa shape index (κ2) is 8.03. The predicted octanol–water partition coefficient (Wildman–Crippen LogP) is 2.95. The summed E-state index contributed by atoms with van der Waals surface area (Å²) >= 11 is 0. The predicted molar refractivity (Wildman–Crippen MR) is 103 cm³/mol. The van der Waals surface area contributed by atoms with E-state index in [4.69, 9.17) is 10.5 Å². The van der Waals surface area contributed by atoms with Crippen molar-refractivity contribution in [1.82, 2.24) is 9.97 Å². The number of hydrogen-bond donors (Lipinski definition) is 2. The van der Waals surface area contributed by atoms with Gasteiger partial charge in [-0.15, -0.1) is 0 Å². The third kappa shape index (κ3) is 4.22. The Labute approximate surface area is 153 Å². The van der Waals surface area contributed by atoms with E-state index in [1.807, 2.05) is 6.92 Å². The molecule has 2 heterocycles. The Morgan fingerprint density at radius 2 is 2.15 bits per heavy atom. The zero-order valence-electron chi connectivity index (χ0n) is 15.2. The number of rotatable bonds is 5. The summed E-state index contributed by atoms with van der Waals surface area (Å²) in [5.41, 5.74) is 6.95. The van der Waals surface area contributed by atoms with Crippen LogP contribution in [-0.4, -0.2) is 35.6 Å². The second-order valence-electron chi connectivity index (χ2n) is 6.57. The van der Waals surface area contributed by atoms with Crippen LogP contribution in [-0.2, 0) is 0 Å². The Morgan fingerprint density at radius 3 is 2.81 bits per heavy atom. The number of hydrogen-bond acceptors (Lipinski definition) is 6. The van der Waals surface area contributed by atoms with E-state index in [2.05, 4.69) is 27.1 Å². The molecule has 0 unspecified atom stereocenters. The summed E-state index contributed by atoms with van der Waals surface area (Å²) in [4.78, 5) is 23.3. The molecular weight excluding hydrogens is 330 g/mol. The van der Waals surface area contributed by atoms with Crippen molar-refractivity contribution in [2.24, 2.45) is 5.92 Å². The van der Waals surface area contributed by atoms with Gasteiger partial charge in [0.25, 0.3) is 5.91 Å². The summed E-state index contributed by atoms with van der Waals surface area (Å²) in [7, 11) is 0. The third-order valence-electron chi connectivity index (χ3n) is 4.41. The van der Waals surface area contributed by atoms with Gasteiger partial charge in [0.1, 0.15) is 17.1 Å². The van der Waals surface area contributed by atoms with Gasteiger partial charge in [0.15, 0.2) is 0 Å². The van der Waals surface area contributed by atoms with E-state index in [0.717, 1.165) is 25.3 Å². The van der Waals surface area contributed by atoms with Crippen molar-refractivity contribution in [2.75, 3.05) is 35.6 Å². The maximum absolute atomic E-state index is 12.5. The highest BCUT2D eigenvalue weighted by atomic mass is 16.5. The standard InChI is InChI=1S/C19H25N5O2/c1-3-26-15-8-6-14(7-9-15)22-18(25)16-11-21-19(23-17(16)20)24-10-4-5-13(2)12-24/h6-9,11,13H,3-5,10,12H2,1-2H3,(H,22,25)(H2,20,21,23)/t13-/m1/s1. The first-order valence-electron chi connectivity index (χ1n) is 8.98. The fraction of sp³-hybridized carbons (Fsp3) is 0.421. The smallest absolute Gasteiger partial charge is 0.260 e. The molecule has 0 aliphatic carbocycles. The topological polar surface area (TPSA) is 93.4 Å². The van der Waals surface area contributed by atoms with Crippen LogP contribution < -0.4 is 20.7 Å². The molecule has 1 fully saturated rings. The maximum atomic E-state index is 12.5. The van der Waals surface area contributed by atoms with E-state index < -0.39 is 0 Å². The van der Waals surface area contributed by atoms with Crippen LogP contribution in [0.4, 0.5) is 17.5 Å². The molecule has 1 aromatic heterocycles. The van der Waals surface area contributed by atoms with Gasteiger partial charge in [0.05, 0.1) is 6.61 Å². The van der Waals surface area contributed by atoms with Gasteiger partial charge in [0, 0.05) is 25.0 Å². The van der Waals surface area contributed by atoms with E-state index in [9.17, 15) is 4.79 Å². The highest BCUT2D eigenvalue weighted by Crippen LogP contribution is 2.22. The molecule has 138 valence electrons. The minimum atomic E-state index is -0.328. The molecule has 0 bridgehead atoms. The lowest BCUT2D eigenvalue weighted by molar-refractivity contribution is 0.102. The van der Waals surface area contributed by atoms with Crippen LogP contribution in [0.5, 0.6) is 5.75 Å². The molecule has 3 N–H and O–H groups in total. The number of carbonyl (C=O) groups excluding carboxylic acids is 1. The quantitative estimate of drug-likeness (QED) is 0.856. The normalized spacial score (nSPS) is 17.0. The van der Waals surface area contributed by atoms with Gasteiger partial charge in [-0.25, -0.2) is 4.98 Å². The molecule has 1 amide bonds. The number of benzene rings is 1. The molecule has 7 heteroatoms. The number of nitrogens with two attached hydrogens (primary N) is 1. The van der Waals surface area contributed by atoms with Gasteiger partial charge in [-0.1, -0.05) is 6.92 Å². The van der Waals surface area contributed by atoms with Crippen LogP contribution in [0.15, 0.2) is 30.5 Å². The van der Waals surface area contributed by atoms with Gasteiger partial charge in [-0.3, -0.25) is 4.79 Å². The van der Waals surface area contributed by atoms with Crippen LogP contribution in [0, 0.1) is 5.92 Å². The molecule has 7 nitrogen and oxygen atoms in total. The average molecular weight is 355 g/mol. The zero-order chi connectivity index (χ0) is 18.5. The Balaban J connectivity index is 1.69. The Bertz CT molecular complexity index is 763. The number of carbonyl (C=O) groups is 1. The summed E-state index contributed by atoms with van der Waals surface area (Å²) in [5, 5.41) is 2.81. The molecular formula is C19H25N5O2. The monoisotopic (exact) mass is 355 g/mol. The number of nitrogen functional groups attached to an aromatic ring is 1. The van der Waals surface area contributed by atoms with Crippen molar-refractivity contribution in [3.05, 3.63) is 36.0 Å². The fourth-order valence-electron chi connectivity index (χ4n) is 3.08. The summed E-state index contributed by atoms with van der Waals surface area (Å²) < 4.78 is 5.39. The highest BCUT2D eigenvalue weighted by Gasteiger charge is 2.20. The van der Waals surface area contributed by atoms with Gasteiger partial charge in [-0.05, 0) is 49.9 Å². The number of aromatic nitrogens is 2. The third-order valence-corrected chi connectivity index (χ3v) is 4.41. The molecule has 1 saturated heterocycles. The Kier molecular flexibility index (Phi) is 5.55. The van der Waals surface area contributed by atoms with Crippen LogP contribution in [0.1, 0.15) is 37.0 Å². The van der Waals surface area contributed by atoms with Crippen LogP contribution >= 0.6 is 0 Å². The lowest BCUT2D eigenvalue weighted by atomic mass is 10.0. The lowest BCUT2D eigenvalue weighted by Crippen LogP contribution is -2.35. The van der Waals surface area contributed by atoms with E-state index >= 15 is 0 Å². The Morgan fingerprint density at radius 1 is 1.38 bits per heavy atom. The van der Waals surface area contributed by atoms with Gasteiger partial charge in [0.2, 0.25) is 5.95 Å². The first-order chi connectivity index (χ1) is 12.6. The maximum Gasteiger partial charge on any atom is 0.260 e. The van der Waals surface area contributed by atoms with Crippen LogP contribution in [0.25, 0.3) is 0 Å². The van der Waals surface area contributed by atoms with Gasteiger partial charge >= 0.3 is 0 Å². The molecule has 1 aliphatic rings. The van der Waals surface area contributed by atoms with E-state index in [0.29, 0.717) is 24.2 Å². The minimum absolute atomic E-state index is 0.191. The molecule has 26 heavy (non-hydrogen) atoms. The van der Waals surface area contributed by atoms with Crippen molar-refractivity contribution in [1.29, 1.82) is 0 Å². The number of nitrogens with zero attached hydrogens (tertiary/aromatic N) is 3.